The zero-order chi connectivity index (χ0) is 11.5. The summed E-state index contributed by atoms with van der Waals surface area (Å²) in [6.07, 6.45) is 1.72. The van der Waals surface area contributed by atoms with Gasteiger partial charge in [0.05, 0.1) is 18.2 Å². The minimum absolute atomic E-state index is 0.0135. The molecule has 0 unspecified atom stereocenters. The first-order valence-electron chi connectivity index (χ1n) is 4.53. The van der Waals surface area contributed by atoms with Crippen molar-refractivity contribution in [1.82, 2.24) is 4.57 Å². The van der Waals surface area contributed by atoms with Gasteiger partial charge < -0.3 is 4.57 Å². The molecular weight excluding hydrogens is 244 g/mol. The Morgan fingerprint density at radius 3 is 2.88 bits per heavy atom. The van der Waals surface area contributed by atoms with Crippen molar-refractivity contribution >= 4 is 22.9 Å². The molecule has 2 aromatic rings. The van der Waals surface area contributed by atoms with Crippen molar-refractivity contribution in [2.45, 2.75) is 6.54 Å². The summed E-state index contributed by atoms with van der Waals surface area (Å²) in [6, 6.07) is 7.08. The third kappa shape index (κ3) is 2.16. The van der Waals surface area contributed by atoms with Gasteiger partial charge in [-0.3, -0.25) is 4.79 Å². The molecule has 16 heavy (non-hydrogen) atoms. The van der Waals surface area contributed by atoms with Crippen LogP contribution in [0.1, 0.15) is 11.1 Å². The number of hydrogen-bond acceptors (Lipinski definition) is 3. The summed E-state index contributed by atoms with van der Waals surface area (Å²) in [7, 11) is 0. The molecule has 0 saturated heterocycles. The highest BCUT2D eigenvalue weighted by atomic mass is 35.5. The zero-order valence-corrected chi connectivity index (χ0v) is 9.76. The van der Waals surface area contributed by atoms with Gasteiger partial charge in [-0.25, -0.2) is 0 Å². The van der Waals surface area contributed by atoms with E-state index in [4.69, 9.17) is 16.9 Å². The van der Waals surface area contributed by atoms with Crippen molar-refractivity contribution in [3.8, 4) is 6.07 Å². The second-order valence-electron chi connectivity index (χ2n) is 3.21. The van der Waals surface area contributed by atoms with Crippen LogP contribution in [0.2, 0.25) is 5.02 Å². The van der Waals surface area contributed by atoms with Crippen LogP contribution < -0.4 is 4.87 Å². The van der Waals surface area contributed by atoms with Crippen LogP contribution in [0.15, 0.2) is 34.6 Å². The summed E-state index contributed by atoms with van der Waals surface area (Å²) in [5.41, 5.74) is 1.35. The third-order valence-corrected chi connectivity index (χ3v) is 3.21. The Labute approximate surface area is 101 Å². The highest BCUT2D eigenvalue weighted by molar-refractivity contribution is 7.07. The van der Waals surface area contributed by atoms with Crippen LogP contribution in [0.4, 0.5) is 0 Å². The first-order chi connectivity index (χ1) is 7.70. The first kappa shape index (κ1) is 10.9. The highest BCUT2D eigenvalue weighted by Gasteiger charge is 2.04. The summed E-state index contributed by atoms with van der Waals surface area (Å²) < 4.78 is 1.58. The number of aromatic nitrogens is 1. The van der Waals surface area contributed by atoms with Gasteiger partial charge in [0.15, 0.2) is 0 Å². The smallest absolute Gasteiger partial charge is 0.301 e. The van der Waals surface area contributed by atoms with Crippen molar-refractivity contribution in [3.63, 3.8) is 0 Å². The van der Waals surface area contributed by atoms with Crippen LogP contribution >= 0.6 is 22.9 Å². The molecule has 0 spiro atoms. The van der Waals surface area contributed by atoms with Crippen LogP contribution in [0.25, 0.3) is 0 Å². The lowest BCUT2D eigenvalue weighted by molar-refractivity contribution is 0.784. The summed E-state index contributed by atoms with van der Waals surface area (Å²) in [6.45, 7) is 0.437. The highest BCUT2D eigenvalue weighted by Crippen LogP contribution is 2.18. The van der Waals surface area contributed by atoms with Gasteiger partial charge in [-0.15, -0.1) is 0 Å². The molecule has 0 amide bonds. The number of thiazole rings is 1. The topological polar surface area (TPSA) is 45.8 Å². The molecule has 0 radical (unpaired) electrons. The molecule has 2 rings (SSSR count). The van der Waals surface area contributed by atoms with Crippen molar-refractivity contribution in [3.05, 3.63) is 55.6 Å². The molecule has 0 aliphatic rings. The molecule has 0 N–H and O–H groups in total. The number of rotatable bonds is 2. The summed E-state index contributed by atoms with van der Waals surface area (Å²) in [4.78, 5) is 11.3. The average Bonchev–Trinajstić information content (AvgIpc) is 2.67. The van der Waals surface area contributed by atoms with Crippen molar-refractivity contribution in [2.75, 3.05) is 0 Å². The monoisotopic (exact) mass is 250 g/mol. The van der Waals surface area contributed by atoms with E-state index in [1.807, 2.05) is 6.07 Å². The number of nitrogens with zero attached hydrogens (tertiary/aromatic N) is 2. The average molecular weight is 251 g/mol. The Morgan fingerprint density at radius 1 is 1.50 bits per heavy atom. The van der Waals surface area contributed by atoms with Gasteiger partial charge >= 0.3 is 4.87 Å². The number of halogens is 1. The molecule has 80 valence electrons. The maximum atomic E-state index is 11.3. The molecular formula is C11H7ClN2OS. The van der Waals surface area contributed by atoms with Crippen LogP contribution in [0.3, 0.4) is 0 Å². The number of nitriles is 1. The predicted octanol–water partition coefficient (Wildman–Crippen LogP) is 2.48. The second-order valence-corrected chi connectivity index (χ2v) is 4.48. The fourth-order valence-electron chi connectivity index (χ4n) is 1.34. The molecule has 0 bridgehead atoms. The standard InChI is InChI=1S/C11H7ClN2OS/c12-10-5-8(6-13)1-2-9(10)7-14-3-4-16-11(14)15/h1-5H,7H2. The maximum Gasteiger partial charge on any atom is 0.307 e. The van der Waals surface area contributed by atoms with E-state index in [1.54, 1.807) is 34.3 Å². The van der Waals surface area contributed by atoms with E-state index in [0.29, 0.717) is 17.1 Å². The van der Waals surface area contributed by atoms with Crippen molar-refractivity contribution < 1.29 is 0 Å². The summed E-state index contributed by atoms with van der Waals surface area (Å²) >= 11 is 7.16. The fourth-order valence-corrected chi connectivity index (χ4v) is 2.16. The van der Waals surface area contributed by atoms with Gasteiger partial charge in [-0.05, 0) is 17.7 Å². The van der Waals surface area contributed by atoms with E-state index < -0.39 is 0 Å². The molecule has 0 saturated carbocycles. The fraction of sp³-hybridized carbons (Fsp3) is 0.0909. The van der Waals surface area contributed by atoms with Crippen LogP contribution in [-0.4, -0.2) is 4.57 Å². The predicted molar refractivity (Wildman–Crippen MR) is 63.8 cm³/mol. The van der Waals surface area contributed by atoms with Crippen molar-refractivity contribution in [2.24, 2.45) is 0 Å². The van der Waals surface area contributed by atoms with Gasteiger partial charge in [-0.2, -0.15) is 5.26 Å². The summed E-state index contributed by atoms with van der Waals surface area (Å²) in [5.74, 6) is 0. The molecule has 1 aromatic carbocycles. The molecule has 0 aliphatic heterocycles. The van der Waals surface area contributed by atoms with Crippen LogP contribution in [-0.2, 0) is 6.54 Å². The first-order valence-corrected chi connectivity index (χ1v) is 5.79. The molecule has 0 aliphatic carbocycles. The molecule has 3 nitrogen and oxygen atoms in total. The van der Waals surface area contributed by atoms with Gasteiger partial charge in [-0.1, -0.05) is 29.0 Å². The normalized spacial score (nSPS) is 10.0. The van der Waals surface area contributed by atoms with E-state index in [-0.39, 0.29) is 4.87 Å². The van der Waals surface area contributed by atoms with Gasteiger partial charge in [0.1, 0.15) is 0 Å². The Hall–Kier alpha value is -1.57. The van der Waals surface area contributed by atoms with Gasteiger partial charge in [0, 0.05) is 16.6 Å². The zero-order valence-electron chi connectivity index (χ0n) is 8.18. The minimum atomic E-state index is -0.0135. The van der Waals surface area contributed by atoms with E-state index in [9.17, 15) is 4.79 Å². The quantitative estimate of drug-likeness (QED) is 0.822. The number of hydrogen-bond donors (Lipinski definition) is 0. The lowest BCUT2D eigenvalue weighted by Crippen LogP contribution is -2.12. The SMILES string of the molecule is N#Cc1ccc(Cn2ccsc2=O)c(Cl)c1. The third-order valence-electron chi connectivity index (χ3n) is 2.17. The number of benzene rings is 1. The van der Waals surface area contributed by atoms with Crippen LogP contribution in [0.5, 0.6) is 0 Å². The lowest BCUT2D eigenvalue weighted by Gasteiger charge is -2.04. The van der Waals surface area contributed by atoms with Gasteiger partial charge in [0.2, 0.25) is 0 Å². The molecule has 0 atom stereocenters. The van der Waals surface area contributed by atoms with Crippen LogP contribution in [0, 0.1) is 11.3 Å². The minimum Gasteiger partial charge on any atom is -0.301 e. The van der Waals surface area contributed by atoms with Crippen molar-refractivity contribution in [1.29, 1.82) is 5.26 Å². The Morgan fingerprint density at radius 2 is 2.31 bits per heavy atom. The molecule has 0 fully saturated rings. The Kier molecular flexibility index (Phi) is 3.09. The molecule has 5 heteroatoms. The van der Waals surface area contributed by atoms with Gasteiger partial charge in [0.25, 0.3) is 0 Å². The van der Waals surface area contributed by atoms with E-state index in [1.165, 1.54) is 0 Å². The summed E-state index contributed by atoms with van der Waals surface area (Å²) in [5, 5.41) is 10.9. The largest absolute Gasteiger partial charge is 0.307 e. The lowest BCUT2D eigenvalue weighted by atomic mass is 10.1. The molecule has 1 heterocycles. The Bertz CT molecular complexity index is 609. The Balaban J connectivity index is 2.33. The molecule has 1 aromatic heterocycles. The van der Waals surface area contributed by atoms with E-state index in [0.717, 1.165) is 16.9 Å². The second kappa shape index (κ2) is 4.52. The van der Waals surface area contributed by atoms with E-state index >= 15 is 0 Å². The maximum absolute atomic E-state index is 11.3. The van der Waals surface area contributed by atoms with E-state index in [2.05, 4.69) is 0 Å².